The van der Waals surface area contributed by atoms with Gasteiger partial charge in [0.1, 0.15) is 11.8 Å². The Hall–Kier alpha value is -1.49. The average molecular weight is 203 g/mol. The molecule has 5 nitrogen and oxygen atoms in total. The minimum absolute atomic E-state index is 0. The molecule has 70 valence electrons. The summed E-state index contributed by atoms with van der Waals surface area (Å²) in [7, 11) is 0. The van der Waals surface area contributed by atoms with Gasteiger partial charge >= 0.3 is 5.97 Å². The molecule has 0 aromatic carbocycles. The van der Waals surface area contributed by atoms with Crippen LogP contribution in [0.25, 0.3) is 5.57 Å². The number of rotatable bonds is 1. The van der Waals surface area contributed by atoms with E-state index in [0.717, 1.165) is 0 Å². The Bertz CT molecular complexity index is 358. The maximum Gasteiger partial charge on any atom is 0.342 e. The number of fused-ring (bicyclic) bond motifs is 1. The minimum atomic E-state index is -1.03. The molecule has 0 amide bonds. The highest BCUT2D eigenvalue weighted by atomic mass is 35.5. The average Bonchev–Trinajstić information content (AvgIpc) is 2.49. The number of aliphatic carboxylic acids is 1. The number of imidazole rings is 1. The van der Waals surface area contributed by atoms with E-state index in [4.69, 9.17) is 9.84 Å². The lowest BCUT2D eigenvalue weighted by molar-refractivity contribution is -0.130. The molecular weight excluding hydrogens is 196 g/mol. The van der Waals surface area contributed by atoms with E-state index in [1.807, 2.05) is 0 Å². The number of ether oxygens (including phenoxy) is 1. The molecule has 1 aromatic heterocycles. The van der Waals surface area contributed by atoms with Crippen molar-refractivity contribution in [2.24, 2.45) is 0 Å². The number of nitrogens with zero attached hydrogens (tertiary/aromatic N) is 2. The summed E-state index contributed by atoms with van der Waals surface area (Å²) >= 11 is 0. The molecule has 0 atom stereocenters. The van der Waals surface area contributed by atoms with E-state index in [-0.39, 0.29) is 18.0 Å². The molecule has 1 aromatic rings. The quantitative estimate of drug-likeness (QED) is 0.729. The van der Waals surface area contributed by atoms with E-state index in [0.29, 0.717) is 12.6 Å². The standard InChI is InChI=1S/C7H6N2O3.ClH/c10-7(11)5-3-12-4-9-2-1-8-6(5)9;/h1-3H,4H2,(H,10,11);1H. The zero-order valence-electron chi connectivity index (χ0n) is 6.51. The number of aromatic nitrogens is 2. The predicted octanol–water partition coefficient (Wildman–Crippen LogP) is 0.718. The summed E-state index contributed by atoms with van der Waals surface area (Å²) in [5, 5.41) is 8.70. The highest BCUT2D eigenvalue weighted by Gasteiger charge is 2.19. The van der Waals surface area contributed by atoms with E-state index in [2.05, 4.69) is 4.98 Å². The summed E-state index contributed by atoms with van der Waals surface area (Å²) in [5.74, 6) is -0.587. The molecule has 0 spiro atoms. The van der Waals surface area contributed by atoms with Crippen LogP contribution < -0.4 is 0 Å². The van der Waals surface area contributed by atoms with Crippen molar-refractivity contribution in [2.75, 3.05) is 0 Å². The molecule has 6 heteroatoms. The zero-order valence-corrected chi connectivity index (χ0v) is 7.32. The second-order valence-electron chi connectivity index (χ2n) is 2.35. The van der Waals surface area contributed by atoms with E-state index in [1.165, 1.54) is 6.26 Å². The Morgan fingerprint density at radius 1 is 1.69 bits per heavy atom. The van der Waals surface area contributed by atoms with Gasteiger partial charge in [-0.2, -0.15) is 0 Å². The van der Waals surface area contributed by atoms with Gasteiger partial charge in [0.25, 0.3) is 0 Å². The molecule has 2 heterocycles. The number of carbonyl (C=O) groups is 1. The lowest BCUT2D eigenvalue weighted by atomic mass is 10.3. The fraction of sp³-hybridized carbons (Fsp3) is 0.143. The molecule has 0 saturated heterocycles. The molecule has 0 radical (unpaired) electrons. The van der Waals surface area contributed by atoms with Crippen molar-refractivity contribution in [2.45, 2.75) is 6.73 Å². The Morgan fingerprint density at radius 2 is 2.46 bits per heavy atom. The van der Waals surface area contributed by atoms with Crippen molar-refractivity contribution in [1.29, 1.82) is 0 Å². The molecule has 2 rings (SSSR count). The van der Waals surface area contributed by atoms with Crippen LogP contribution in [0.5, 0.6) is 0 Å². The third kappa shape index (κ3) is 1.50. The molecular formula is C7H7ClN2O3. The van der Waals surface area contributed by atoms with Crippen LogP contribution in [0, 0.1) is 0 Å². The summed E-state index contributed by atoms with van der Waals surface area (Å²) in [4.78, 5) is 14.5. The monoisotopic (exact) mass is 202 g/mol. The van der Waals surface area contributed by atoms with Crippen LogP contribution in [0.4, 0.5) is 0 Å². The van der Waals surface area contributed by atoms with Crippen molar-refractivity contribution >= 4 is 23.9 Å². The summed E-state index contributed by atoms with van der Waals surface area (Å²) in [6.45, 7) is 0.326. The van der Waals surface area contributed by atoms with Crippen LogP contribution >= 0.6 is 12.4 Å². The predicted molar refractivity (Wildman–Crippen MR) is 46.2 cm³/mol. The van der Waals surface area contributed by atoms with Gasteiger partial charge in [-0.05, 0) is 0 Å². The summed E-state index contributed by atoms with van der Waals surface area (Å²) in [5.41, 5.74) is 0.0891. The smallest absolute Gasteiger partial charge is 0.342 e. The van der Waals surface area contributed by atoms with Crippen LogP contribution in [0.15, 0.2) is 18.7 Å². The first-order valence-corrected chi connectivity index (χ1v) is 3.35. The first-order chi connectivity index (χ1) is 5.79. The molecule has 0 bridgehead atoms. The Kier molecular flexibility index (Phi) is 2.57. The SMILES string of the molecule is Cl.O=C(O)C1=COCn2ccnc21. The largest absolute Gasteiger partial charge is 0.479 e. The third-order valence-corrected chi connectivity index (χ3v) is 1.60. The van der Waals surface area contributed by atoms with Crippen LogP contribution in [0.2, 0.25) is 0 Å². The van der Waals surface area contributed by atoms with Crippen molar-refractivity contribution < 1.29 is 14.6 Å². The van der Waals surface area contributed by atoms with E-state index < -0.39 is 5.97 Å². The van der Waals surface area contributed by atoms with Crippen molar-refractivity contribution in [3.63, 3.8) is 0 Å². The molecule has 0 aliphatic carbocycles. The first kappa shape index (κ1) is 9.60. The van der Waals surface area contributed by atoms with Crippen LogP contribution in [0.3, 0.4) is 0 Å². The van der Waals surface area contributed by atoms with Crippen molar-refractivity contribution in [1.82, 2.24) is 9.55 Å². The van der Waals surface area contributed by atoms with Gasteiger partial charge in [0.2, 0.25) is 0 Å². The van der Waals surface area contributed by atoms with Gasteiger partial charge < -0.3 is 9.84 Å². The van der Waals surface area contributed by atoms with Gasteiger partial charge in [0, 0.05) is 12.4 Å². The maximum atomic E-state index is 10.6. The second-order valence-corrected chi connectivity index (χ2v) is 2.35. The van der Waals surface area contributed by atoms with E-state index in [9.17, 15) is 4.79 Å². The fourth-order valence-electron chi connectivity index (χ4n) is 1.06. The second kappa shape index (κ2) is 3.49. The van der Waals surface area contributed by atoms with Crippen LogP contribution in [0.1, 0.15) is 5.82 Å². The van der Waals surface area contributed by atoms with Crippen LogP contribution in [-0.4, -0.2) is 20.6 Å². The molecule has 1 aliphatic rings. The summed E-state index contributed by atoms with van der Waals surface area (Å²) < 4.78 is 6.54. The van der Waals surface area contributed by atoms with Gasteiger partial charge in [0.05, 0.1) is 0 Å². The van der Waals surface area contributed by atoms with E-state index >= 15 is 0 Å². The molecule has 0 saturated carbocycles. The summed E-state index contributed by atoms with van der Waals surface area (Å²) in [6.07, 6.45) is 4.43. The summed E-state index contributed by atoms with van der Waals surface area (Å²) in [6, 6.07) is 0. The lowest BCUT2D eigenvalue weighted by Crippen LogP contribution is -2.13. The molecule has 0 unspecified atom stereocenters. The van der Waals surface area contributed by atoms with Crippen molar-refractivity contribution in [3.05, 3.63) is 24.5 Å². The number of carboxylic acid groups (broad SMARTS) is 1. The molecule has 1 N–H and O–H groups in total. The number of halogens is 1. The Balaban J connectivity index is 0.000000845. The Morgan fingerprint density at radius 3 is 3.15 bits per heavy atom. The van der Waals surface area contributed by atoms with Crippen molar-refractivity contribution in [3.8, 4) is 0 Å². The Labute approximate surface area is 80.1 Å². The van der Waals surface area contributed by atoms with Gasteiger partial charge in [-0.25, -0.2) is 9.78 Å². The lowest BCUT2D eigenvalue weighted by Gasteiger charge is -2.12. The first-order valence-electron chi connectivity index (χ1n) is 3.35. The van der Waals surface area contributed by atoms with Gasteiger partial charge in [-0.1, -0.05) is 0 Å². The third-order valence-electron chi connectivity index (χ3n) is 1.60. The number of hydrogen-bond acceptors (Lipinski definition) is 3. The molecule has 1 aliphatic heterocycles. The normalized spacial score (nSPS) is 13.4. The van der Waals surface area contributed by atoms with Gasteiger partial charge in [-0.15, -0.1) is 12.4 Å². The minimum Gasteiger partial charge on any atom is -0.479 e. The number of carboxylic acids is 1. The maximum absolute atomic E-state index is 10.6. The zero-order chi connectivity index (χ0) is 8.55. The highest BCUT2D eigenvalue weighted by Crippen LogP contribution is 2.17. The molecule has 0 fully saturated rings. The topological polar surface area (TPSA) is 64.3 Å². The number of hydrogen-bond donors (Lipinski definition) is 1. The van der Waals surface area contributed by atoms with Crippen LogP contribution in [-0.2, 0) is 16.3 Å². The fourth-order valence-corrected chi connectivity index (χ4v) is 1.06. The van der Waals surface area contributed by atoms with Gasteiger partial charge in [-0.3, -0.25) is 4.57 Å². The highest BCUT2D eigenvalue weighted by molar-refractivity contribution is 6.13. The van der Waals surface area contributed by atoms with E-state index in [1.54, 1.807) is 17.0 Å². The van der Waals surface area contributed by atoms with Gasteiger partial charge in [0.15, 0.2) is 12.6 Å². The molecule has 13 heavy (non-hydrogen) atoms.